The number of tetrazole rings is 1. The number of nitrogens with zero attached hydrogens (tertiary/aromatic N) is 3. The third-order valence-electron chi connectivity index (χ3n) is 1.80. The lowest BCUT2D eigenvalue weighted by Crippen LogP contribution is -2.27. The van der Waals surface area contributed by atoms with Gasteiger partial charge in [0.25, 0.3) is 11.9 Å². The molecule has 1 aromatic rings. The first-order valence-electron chi connectivity index (χ1n) is 4.02. The summed E-state index contributed by atoms with van der Waals surface area (Å²) in [5, 5.41) is 15.2. The monoisotopic (exact) mass is 183 g/mol. The second-order valence-corrected chi connectivity index (χ2v) is 2.73. The van der Waals surface area contributed by atoms with Crippen LogP contribution >= 0.6 is 0 Å². The molecular weight excluding hydrogens is 174 g/mol. The Bertz CT molecular complexity index is 279. The molecule has 0 radical (unpaired) electrons. The maximum atomic E-state index is 11.4. The van der Waals surface area contributed by atoms with Crippen molar-refractivity contribution in [2.45, 2.75) is 18.9 Å². The number of aromatic amines is 1. The number of rotatable bonds is 2. The molecule has 1 fully saturated rings. The Morgan fingerprint density at radius 2 is 2.62 bits per heavy atom. The molecule has 0 bridgehead atoms. The number of nitrogens with one attached hydrogen (secondary N) is 2. The number of amides is 1. The molecule has 7 heteroatoms. The summed E-state index contributed by atoms with van der Waals surface area (Å²) in [6.07, 6.45) is 1.31. The van der Waals surface area contributed by atoms with Crippen LogP contribution in [0.4, 0.5) is 5.95 Å². The lowest BCUT2D eigenvalue weighted by molar-refractivity contribution is -0.124. The van der Waals surface area contributed by atoms with Gasteiger partial charge in [0.1, 0.15) is 6.10 Å². The molecule has 13 heavy (non-hydrogen) atoms. The van der Waals surface area contributed by atoms with Crippen LogP contribution in [0, 0.1) is 0 Å². The van der Waals surface area contributed by atoms with Crippen molar-refractivity contribution in [1.82, 2.24) is 20.6 Å². The van der Waals surface area contributed by atoms with Crippen LogP contribution < -0.4 is 5.32 Å². The number of carbonyl (C=O) groups is 1. The van der Waals surface area contributed by atoms with Gasteiger partial charge in [0.05, 0.1) is 0 Å². The van der Waals surface area contributed by atoms with E-state index in [0.29, 0.717) is 6.61 Å². The van der Waals surface area contributed by atoms with Crippen molar-refractivity contribution in [1.29, 1.82) is 0 Å². The van der Waals surface area contributed by atoms with Crippen molar-refractivity contribution < 1.29 is 9.53 Å². The topological polar surface area (TPSA) is 92.8 Å². The maximum Gasteiger partial charge on any atom is 0.269 e. The second kappa shape index (κ2) is 3.48. The molecule has 0 aliphatic carbocycles. The number of hydrogen-bond acceptors (Lipinski definition) is 5. The summed E-state index contributed by atoms with van der Waals surface area (Å²) < 4.78 is 5.17. The lowest BCUT2D eigenvalue weighted by atomic mass is 10.2. The molecule has 0 unspecified atom stereocenters. The molecule has 0 spiro atoms. The minimum atomic E-state index is -0.363. The zero-order valence-electron chi connectivity index (χ0n) is 6.86. The van der Waals surface area contributed by atoms with Crippen molar-refractivity contribution in [3.8, 4) is 0 Å². The van der Waals surface area contributed by atoms with E-state index < -0.39 is 0 Å². The lowest BCUT2D eigenvalue weighted by Gasteiger charge is -2.06. The van der Waals surface area contributed by atoms with Gasteiger partial charge in [-0.05, 0) is 18.1 Å². The van der Waals surface area contributed by atoms with Crippen LogP contribution in [0.1, 0.15) is 12.8 Å². The zero-order chi connectivity index (χ0) is 9.10. The molecule has 2 heterocycles. The van der Waals surface area contributed by atoms with E-state index in [1.807, 2.05) is 0 Å². The summed E-state index contributed by atoms with van der Waals surface area (Å²) in [5.41, 5.74) is 0. The number of anilines is 1. The summed E-state index contributed by atoms with van der Waals surface area (Å²) in [6, 6.07) is 0. The van der Waals surface area contributed by atoms with E-state index in [2.05, 4.69) is 25.9 Å². The predicted molar refractivity (Wildman–Crippen MR) is 41.8 cm³/mol. The Morgan fingerprint density at radius 1 is 1.69 bits per heavy atom. The molecule has 2 rings (SSSR count). The number of aromatic nitrogens is 4. The summed E-state index contributed by atoms with van der Waals surface area (Å²) in [4.78, 5) is 11.4. The first kappa shape index (κ1) is 8.11. The average Bonchev–Trinajstić information content (AvgIpc) is 2.74. The van der Waals surface area contributed by atoms with Crippen LogP contribution in [0.3, 0.4) is 0 Å². The Hall–Kier alpha value is -1.50. The van der Waals surface area contributed by atoms with E-state index in [9.17, 15) is 4.79 Å². The van der Waals surface area contributed by atoms with Crippen molar-refractivity contribution in [3.63, 3.8) is 0 Å². The van der Waals surface area contributed by atoms with E-state index >= 15 is 0 Å². The second-order valence-electron chi connectivity index (χ2n) is 2.73. The molecular formula is C6H9N5O2. The summed E-state index contributed by atoms with van der Waals surface area (Å²) in [6.45, 7) is 0.643. The van der Waals surface area contributed by atoms with E-state index in [0.717, 1.165) is 12.8 Å². The highest BCUT2D eigenvalue weighted by molar-refractivity contribution is 5.92. The van der Waals surface area contributed by atoms with Crippen LogP contribution in [-0.4, -0.2) is 39.2 Å². The van der Waals surface area contributed by atoms with Gasteiger partial charge in [-0.25, -0.2) is 0 Å². The third kappa shape index (κ3) is 1.81. The van der Waals surface area contributed by atoms with Crippen molar-refractivity contribution in [2.24, 2.45) is 0 Å². The molecule has 1 aromatic heterocycles. The van der Waals surface area contributed by atoms with E-state index in [4.69, 9.17) is 4.74 Å². The molecule has 0 aromatic carbocycles. The Balaban J connectivity index is 1.91. The third-order valence-corrected chi connectivity index (χ3v) is 1.80. The largest absolute Gasteiger partial charge is 0.368 e. The highest BCUT2D eigenvalue weighted by Crippen LogP contribution is 2.12. The van der Waals surface area contributed by atoms with Crippen LogP contribution in [0.2, 0.25) is 0 Å². The van der Waals surface area contributed by atoms with Gasteiger partial charge in [0, 0.05) is 6.61 Å². The fraction of sp³-hybridized carbons (Fsp3) is 0.667. The number of ether oxygens (including phenoxy) is 1. The van der Waals surface area contributed by atoms with Gasteiger partial charge in [-0.3, -0.25) is 10.1 Å². The van der Waals surface area contributed by atoms with Crippen molar-refractivity contribution >= 4 is 11.9 Å². The van der Waals surface area contributed by atoms with Crippen molar-refractivity contribution in [2.75, 3.05) is 11.9 Å². The van der Waals surface area contributed by atoms with Gasteiger partial charge in [0.2, 0.25) is 0 Å². The first-order chi connectivity index (χ1) is 6.36. The fourth-order valence-electron chi connectivity index (χ4n) is 1.19. The van der Waals surface area contributed by atoms with Crippen LogP contribution in [0.15, 0.2) is 0 Å². The van der Waals surface area contributed by atoms with Gasteiger partial charge in [-0.1, -0.05) is 5.10 Å². The minimum absolute atomic E-state index is 0.181. The quantitative estimate of drug-likeness (QED) is 0.633. The van der Waals surface area contributed by atoms with E-state index in [1.54, 1.807) is 0 Å². The van der Waals surface area contributed by atoms with E-state index in [1.165, 1.54) is 0 Å². The number of hydrogen-bond donors (Lipinski definition) is 2. The van der Waals surface area contributed by atoms with Gasteiger partial charge in [0.15, 0.2) is 0 Å². The standard InChI is InChI=1S/C6H9N5O2/c12-5(4-2-1-3-13-4)7-6-8-10-11-9-6/h4H,1-3H2,(H2,7,8,9,10,11,12)/t4-/m0/s1. The zero-order valence-corrected chi connectivity index (χ0v) is 6.86. The smallest absolute Gasteiger partial charge is 0.269 e. The molecule has 1 aliphatic heterocycles. The highest BCUT2D eigenvalue weighted by atomic mass is 16.5. The average molecular weight is 183 g/mol. The molecule has 2 N–H and O–H groups in total. The van der Waals surface area contributed by atoms with Gasteiger partial charge >= 0.3 is 0 Å². The molecule has 1 atom stereocenters. The van der Waals surface area contributed by atoms with Crippen molar-refractivity contribution in [3.05, 3.63) is 0 Å². The summed E-state index contributed by atoms with van der Waals surface area (Å²) >= 11 is 0. The molecule has 1 amide bonds. The van der Waals surface area contributed by atoms with E-state index in [-0.39, 0.29) is 18.0 Å². The summed E-state index contributed by atoms with van der Waals surface area (Å²) in [5.74, 6) is -0.0283. The minimum Gasteiger partial charge on any atom is -0.368 e. The molecule has 1 aliphatic rings. The number of H-pyrrole nitrogens is 1. The molecule has 70 valence electrons. The van der Waals surface area contributed by atoms with Crippen LogP contribution in [0.25, 0.3) is 0 Å². The summed E-state index contributed by atoms with van der Waals surface area (Å²) in [7, 11) is 0. The Morgan fingerprint density at radius 3 is 3.23 bits per heavy atom. The van der Waals surface area contributed by atoms with Gasteiger partial charge in [-0.15, -0.1) is 5.10 Å². The predicted octanol–water partition coefficient (Wildman–Crippen LogP) is -0.683. The Labute approximate surface area is 73.8 Å². The molecule has 1 saturated heterocycles. The number of carbonyl (C=O) groups excluding carboxylic acids is 1. The Kier molecular flexibility index (Phi) is 2.17. The molecule has 7 nitrogen and oxygen atoms in total. The fourth-order valence-corrected chi connectivity index (χ4v) is 1.19. The van der Waals surface area contributed by atoms with Gasteiger partial charge < -0.3 is 4.74 Å². The van der Waals surface area contributed by atoms with Crippen LogP contribution in [0.5, 0.6) is 0 Å². The highest BCUT2D eigenvalue weighted by Gasteiger charge is 2.24. The van der Waals surface area contributed by atoms with Gasteiger partial charge in [-0.2, -0.15) is 5.21 Å². The normalized spacial score (nSPS) is 21.7. The first-order valence-corrected chi connectivity index (χ1v) is 4.02. The SMILES string of the molecule is O=C(Nc1nn[nH]n1)[C@@H]1CCCO1. The molecule has 0 saturated carbocycles. The van der Waals surface area contributed by atoms with Crippen LogP contribution in [-0.2, 0) is 9.53 Å². The maximum absolute atomic E-state index is 11.4.